The third kappa shape index (κ3) is 2.74. The van der Waals surface area contributed by atoms with E-state index in [0.717, 1.165) is 12.3 Å². The Labute approximate surface area is 123 Å². The highest BCUT2D eigenvalue weighted by atomic mass is 32.2. The number of thioether (sulfide) groups is 1. The molecule has 0 fully saturated rings. The molecule has 3 aromatic rings. The summed E-state index contributed by atoms with van der Waals surface area (Å²) in [6, 6.07) is 21.2. The molecular formula is C17H18N2S. The van der Waals surface area contributed by atoms with Crippen molar-refractivity contribution < 1.29 is 0 Å². The Morgan fingerprint density at radius 3 is 2.50 bits per heavy atom. The maximum absolute atomic E-state index is 5.87. The molecule has 2 aromatic carbocycles. The monoisotopic (exact) mass is 282 g/mol. The topological polar surface area (TPSA) is 30.9 Å². The van der Waals surface area contributed by atoms with Crippen LogP contribution in [0.2, 0.25) is 0 Å². The van der Waals surface area contributed by atoms with Crippen LogP contribution in [0.5, 0.6) is 0 Å². The molecule has 0 saturated heterocycles. The molecule has 0 atom stereocenters. The van der Waals surface area contributed by atoms with Crippen molar-refractivity contribution in [3.63, 3.8) is 0 Å². The van der Waals surface area contributed by atoms with Gasteiger partial charge < -0.3 is 10.3 Å². The van der Waals surface area contributed by atoms with Gasteiger partial charge in [-0.2, -0.15) is 0 Å². The second-order valence-electron chi connectivity index (χ2n) is 4.71. The number of benzene rings is 2. The van der Waals surface area contributed by atoms with Gasteiger partial charge in [0.05, 0.1) is 0 Å². The van der Waals surface area contributed by atoms with E-state index in [4.69, 9.17) is 5.73 Å². The van der Waals surface area contributed by atoms with Gasteiger partial charge in [-0.3, -0.25) is 0 Å². The van der Waals surface area contributed by atoms with Gasteiger partial charge in [-0.15, -0.1) is 11.8 Å². The normalized spacial score (nSPS) is 11.1. The van der Waals surface area contributed by atoms with Crippen LogP contribution in [-0.2, 0) is 13.1 Å². The van der Waals surface area contributed by atoms with Crippen molar-refractivity contribution in [2.45, 2.75) is 18.0 Å². The van der Waals surface area contributed by atoms with Crippen LogP contribution in [0.4, 0.5) is 0 Å². The SMILES string of the molecule is NCc1cc2ccccc2n1CCSc1ccccc1. The Hall–Kier alpha value is -1.71. The van der Waals surface area contributed by atoms with E-state index in [1.807, 2.05) is 11.8 Å². The summed E-state index contributed by atoms with van der Waals surface area (Å²) >= 11 is 1.88. The number of fused-ring (bicyclic) bond motifs is 1. The van der Waals surface area contributed by atoms with Crippen LogP contribution in [0.25, 0.3) is 10.9 Å². The van der Waals surface area contributed by atoms with Crippen molar-refractivity contribution in [2.24, 2.45) is 5.73 Å². The first-order valence-corrected chi connectivity index (χ1v) is 7.82. The minimum Gasteiger partial charge on any atom is -0.342 e. The van der Waals surface area contributed by atoms with Gasteiger partial charge in [0, 0.05) is 34.9 Å². The first-order valence-electron chi connectivity index (χ1n) is 6.83. The second kappa shape index (κ2) is 6.16. The molecule has 0 aliphatic rings. The number of aromatic nitrogens is 1. The lowest BCUT2D eigenvalue weighted by Crippen LogP contribution is -2.08. The zero-order valence-corrected chi connectivity index (χ0v) is 12.1. The first kappa shape index (κ1) is 13.3. The molecule has 0 aliphatic heterocycles. The number of nitrogens with zero attached hydrogens (tertiary/aromatic N) is 1. The van der Waals surface area contributed by atoms with Gasteiger partial charge in [0.25, 0.3) is 0 Å². The summed E-state index contributed by atoms with van der Waals surface area (Å²) < 4.78 is 2.34. The largest absolute Gasteiger partial charge is 0.342 e. The van der Waals surface area contributed by atoms with E-state index in [-0.39, 0.29) is 0 Å². The van der Waals surface area contributed by atoms with E-state index < -0.39 is 0 Å². The average molecular weight is 282 g/mol. The summed E-state index contributed by atoms with van der Waals surface area (Å²) in [6.07, 6.45) is 0. The Balaban J connectivity index is 1.77. The number of nitrogens with two attached hydrogens (primary N) is 1. The van der Waals surface area contributed by atoms with Gasteiger partial charge in [0.15, 0.2) is 0 Å². The lowest BCUT2D eigenvalue weighted by Gasteiger charge is -2.09. The molecule has 1 aromatic heterocycles. The Morgan fingerprint density at radius 2 is 1.70 bits per heavy atom. The number of rotatable bonds is 5. The number of aryl methyl sites for hydroxylation is 1. The van der Waals surface area contributed by atoms with Gasteiger partial charge in [-0.05, 0) is 29.7 Å². The van der Waals surface area contributed by atoms with Crippen molar-refractivity contribution in [3.8, 4) is 0 Å². The molecule has 0 saturated carbocycles. The maximum atomic E-state index is 5.87. The summed E-state index contributed by atoms with van der Waals surface area (Å²) in [7, 11) is 0. The van der Waals surface area contributed by atoms with Crippen LogP contribution < -0.4 is 5.73 Å². The highest BCUT2D eigenvalue weighted by molar-refractivity contribution is 7.99. The van der Waals surface area contributed by atoms with Gasteiger partial charge in [0.1, 0.15) is 0 Å². The average Bonchev–Trinajstić information content (AvgIpc) is 2.87. The summed E-state index contributed by atoms with van der Waals surface area (Å²) in [6.45, 7) is 1.57. The van der Waals surface area contributed by atoms with Crippen molar-refractivity contribution in [1.29, 1.82) is 0 Å². The van der Waals surface area contributed by atoms with Crippen LogP contribution in [-0.4, -0.2) is 10.3 Å². The van der Waals surface area contributed by atoms with E-state index in [1.54, 1.807) is 0 Å². The van der Waals surface area contributed by atoms with Crippen LogP contribution in [0.15, 0.2) is 65.6 Å². The minimum atomic E-state index is 0.588. The number of hydrogen-bond donors (Lipinski definition) is 1. The predicted molar refractivity (Wildman–Crippen MR) is 87.0 cm³/mol. The van der Waals surface area contributed by atoms with Gasteiger partial charge in [0.2, 0.25) is 0 Å². The molecule has 3 heteroatoms. The van der Waals surface area contributed by atoms with Crippen molar-refractivity contribution in [2.75, 3.05) is 5.75 Å². The standard InChI is InChI=1S/C17H18N2S/c18-13-15-12-14-6-4-5-9-17(14)19(15)10-11-20-16-7-2-1-3-8-16/h1-9,12H,10-11,13,18H2. The van der Waals surface area contributed by atoms with E-state index in [9.17, 15) is 0 Å². The van der Waals surface area contributed by atoms with Crippen LogP contribution in [0.1, 0.15) is 5.69 Å². The molecule has 0 spiro atoms. The Morgan fingerprint density at radius 1 is 0.950 bits per heavy atom. The van der Waals surface area contributed by atoms with E-state index in [1.165, 1.54) is 21.5 Å². The Bertz CT molecular complexity index is 689. The van der Waals surface area contributed by atoms with E-state index in [0.29, 0.717) is 6.54 Å². The summed E-state index contributed by atoms with van der Waals surface area (Å²) in [5.41, 5.74) is 8.36. The smallest absolute Gasteiger partial charge is 0.0483 e. The third-order valence-corrected chi connectivity index (χ3v) is 4.42. The third-order valence-electron chi connectivity index (χ3n) is 3.43. The molecule has 0 amide bonds. The molecule has 0 aliphatic carbocycles. The molecule has 2 nitrogen and oxygen atoms in total. The van der Waals surface area contributed by atoms with Gasteiger partial charge in [-0.1, -0.05) is 36.4 Å². The second-order valence-corrected chi connectivity index (χ2v) is 5.88. The van der Waals surface area contributed by atoms with Crippen LogP contribution >= 0.6 is 11.8 Å². The van der Waals surface area contributed by atoms with Crippen molar-refractivity contribution in [3.05, 3.63) is 66.4 Å². The van der Waals surface area contributed by atoms with Crippen molar-refractivity contribution >= 4 is 22.7 Å². The molecule has 2 N–H and O–H groups in total. The number of hydrogen-bond acceptors (Lipinski definition) is 2. The van der Waals surface area contributed by atoms with Gasteiger partial charge in [-0.25, -0.2) is 0 Å². The lowest BCUT2D eigenvalue weighted by atomic mass is 10.2. The summed E-state index contributed by atoms with van der Waals surface area (Å²) in [4.78, 5) is 1.32. The fourth-order valence-corrected chi connectivity index (χ4v) is 3.33. The summed E-state index contributed by atoms with van der Waals surface area (Å²) in [5.74, 6) is 1.05. The number of para-hydroxylation sites is 1. The van der Waals surface area contributed by atoms with Crippen LogP contribution in [0.3, 0.4) is 0 Å². The molecule has 102 valence electrons. The molecule has 3 rings (SSSR count). The first-order chi connectivity index (χ1) is 9.88. The molecule has 20 heavy (non-hydrogen) atoms. The fourth-order valence-electron chi connectivity index (χ4n) is 2.47. The molecule has 1 heterocycles. The van der Waals surface area contributed by atoms with E-state index >= 15 is 0 Å². The molecular weight excluding hydrogens is 264 g/mol. The molecule has 0 bridgehead atoms. The van der Waals surface area contributed by atoms with Crippen LogP contribution in [0, 0.1) is 0 Å². The Kier molecular flexibility index (Phi) is 4.09. The van der Waals surface area contributed by atoms with Crippen molar-refractivity contribution in [1.82, 2.24) is 4.57 Å². The predicted octanol–water partition coefficient (Wildman–Crippen LogP) is 3.89. The van der Waals surface area contributed by atoms with Gasteiger partial charge >= 0.3 is 0 Å². The molecule has 0 radical (unpaired) electrons. The zero-order valence-electron chi connectivity index (χ0n) is 11.3. The highest BCUT2D eigenvalue weighted by Gasteiger charge is 2.06. The minimum absolute atomic E-state index is 0.588. The summed E-state index contributed by atoms with van der Waals surface area (Å²) in [5, 5.41) is 1.28. The lowest BCUT2D eigenvalue weighted by molar-refractivity contribution is 0.746. The molecule has 0 unspecified atom stereocenters. The maximum Gasteiger partial charge on any atom is 0.0483 e. The quantitative estimate of drug-likeness (QED) is 0.720. The zero-order chi connectivity index (χ0) is 13.8. The fraction of sp³-hybridized carbons (Fsp3) is 0.176. The van der Waals surface area contributed by atoms with E-state index in [2.05, 4.69) is 65.2 Å². The highest BCUT2D eigenvalue weighted by Crippen LogP contribution is 2.22.